The SMILES string of the molecule is CCOc1cc(C(=O)O)cc(Cl)c1OCCOc1ccccc1C(C)C. The zero-order valence-electron chi connectivity index (χ0n) is 15.1. The van der Waals surface area contributed by atoms with Gasteiger partial charge in [0.15, 0.2) is 11.5 Å². The number of benzene rings is 2. The van der Waals surface area contributed by atoms with Crippen LogP contribution in [-0.2, 0) is 0 Å². The Hall–Kier alpha value is -2.40. The third-order valence-corrected chi connectivity index (χ3v) is 3.97. The van der Waals surface area contributed by atoms with Gasteiger partial charge in [0, 0.05) is 0 Å². The van der Waals surface area contributed by atoms with Crippen molar-refractivity contribution in [1.82, 2.24) is 0 Å². The van der Waals surface area contributed by atoms with Crippen LogP contribution in [0.1, 0.15) is 42.6 Å². The Morgan fingerprint density at radius 3 is 2.42 bits per heavy atom. The summed E-state index contributed by atoms with van der Waals surface area (Å²) in [5.74, 6) is 0.727. The summed E-state index contributed by atoms with van der Waals surface area (Å²) in [6.07, 6.45) is 0. The predicted molar refractivity (Wildman–Crippen MR) is 101 cm³/mol. The second kappa shape index (κ2) is 9.34. The maximum Gasteiger partial charge on any atom is 0.335 e. The first kappa shape index (κ1) is 19.9. The number of carboxylic acids is 1. The Morgan fingerprint density at radius 1 is 1.08 bits per heavy atom. The Bertz CT molecular complexity index is 758. The highest BCUT2D eigenvalue weighted by molar-refractivity contribution is 6.32. The highest BCUT2D eigenvalue weighted by atomic mass is 35.5. The summed E-state index contributed by atoms with van der Waals surface area (Å²) in [6, 6.07) is 10.6. The fourth-order valence-electron chi connectivity index (χ4n) is 2.48. The lowest BCUT2D eigenvalue weighted by molar-refractivity contribution is 0.0696. The Balaban J connectivity index is 2.05. The highest BCUT2D eigenvalue weighted by Gasteiger charge is 2.16. The van der Waals surface area contributed by atoms with Gasteiger partial charge in [0.1, 0.15) is 19.0 Å². The Morgan fingerprint density at radius 2 is 1.77 bits per heavy atom. The molecule has 0 aliphatic heterocycles. The molecule has 1 N–H and O–H groups in total. The van der Waals surface area contributed by atoms with Gasteiger partial charge in [0.2, 0.25) is 0 Å². The van der Waals surface area contributed by atoms with E-state index in [2.05, 4.69) is 13.8 Å². The molecule has 5 nitrogen and oxygen atoms in total. The normalized spacial score (nSPS) is 10.7. The third kappa shape index (κ3) is 5.05. The molecule has 0 unspecified atom stereocenters. The largest absolute Gasteiger partial charge is 0.490 e. The van der Waals surface area contributed by atoms with Crippen LogP contribution in [0.4, 0.5) is 0 Å². The second-order valence-corrected chi connectivity index (χ2v) is 6.32. The van der Waals surface area contributed by atoms with Gasteiger partial charge in [0.05, 0.1) is 17.2 Å². The predicted octanol–water partition coefficient (Wildman–Crippen LogP) is 5.02. The number of hydrogen-bond donors (Lipinski definition) is 1. The molecule has 140 valence electrons. The van der Waals surface area contributed by atoms with Crippen molar-refractivity contribution < 1.29 is 24.1 Å². The number of hydrogen-bond acceptors (Lipinski definition) is 4. The molecule has 0 atom stereocenters. The molecule has 0 saturated heterocycles. The maximum atomic E-state index is 11.2. The zero-order valence-corrected chi connectivity index (χ0v) is 15.9. The third-order valence-electron chi connectivity index (χ3n) is 3.68. The monoisotopic (exact) mass is 378 g/mol. The fourth-order valence-corrected chi connectivity index (χ4v) is 2.74. The lowest BCUT2D eigenvalue weighted by atomic mass is 10.0. The van der Waals surface area contributed by atoms with E-state index in [-0.39, 0.29) is 17.2 Å². The van der Waals surface area contributed by atoms with Crippen LogP contribution in [0, 0.1) is 0 Å². The van der Waals surface area contributed by atoms with Gasteiger partial charge in [-0.15, -0.1) is 0 Å². The van der Waals surface area contributed by atoms with Crippen LogP contribution in [0.3, 0.4) is 0 Å². The van der Waals surface area contributed by atoms with Crippen LogP contribution < -0.4 is 14.2 Å². The lowest BCUT2D eigenvalue weighted by Gasteiger charge is -2.16. The molecule has 0 bridgehead atoms. The number of rotatable bonds is 9. The molecule has 0 heterocycles. The number of halogens is 1. The molecule has 0 amide bonds. The second-order valence-electron chi connectivity index (χ2n) is 5.91. The van der Waals surface area contributed by atoms with Gasteiger partial charge < -0.3 is 19.3 Å². The summed E-state index contributed by atoms with van der Waals surface area (Å²) in [5.41, 5.74) is 1.18. The molecule has 0 saturated carbocycles. The molecule has 0 aliphatic carbocycles. The maximum absolute atomic E-state index is 11.2. The number of ether oxygens (including phenoxy) is 3. The van der Waals surface area contributed by atoms with Crippen LogP contribution in [0.25, 0.3) is 0 Å². The van der Waals surface area contributed by atoms with Crippen molar-refractivity contribution in [2.45, 2.75) is 26.7 Å². The van der Waals surface area contributed by atoms with Gasteiger partial charge in [-0.2, -0.15) is 0 Å². The molecule has 26 heavy (non-hydrogen) atoms. The van der Waals surface area contributed by atoms with Crippen LogP contribution in [0.2, 0.25) is 5.02 Å². The van der Waals surface area contributed by atoms with Gasteiger partial charge >= 0.3 is 5.97 Å². The van der Waals surface area contributed by atoms with E-state index in [4.69, 9.17) is 30.9 Å². The summed E-state index contributed by atoms with van der Waals surface area (Å²) in [7, 11) is 0. The quantitative estimate of drug-likeness (QED) is 0.621. The smallest absolute Gasteiger partial charge is 0.335 e. The molecule has 2 rings (SSSR count). The molecule has 0 aromatic heterocycles. The molecule has 0 spiro atoms. The van der Waals surface area contributed by atoms with Gasteiger partial charge in [-0.25, -0.2) is 4.79 Å². The van der Waals surface area contributed by atoms with E-state index in [0.717, 1.165) is 11.3 Å². The average Bonchev–Trinajstić information content (AvgIpc) is 2.60. The summed E-state index contributed by atoms with van der Waals surface area (Å²) in [5, 5.41) is 9.32. The zero-order chi connectivity index (χ0) is 19.1. The van der Waals surface area contributed by atoms with E-state index in [1.54, 1.807) is 6.92 Å². The summed E-state index contributed by atoms with van der Waals surface area (Å²) in [6.45, 7) is 6.96. The molecule has 2 aromatic carbocycles. The average molecular weight is 379 g/mol. The van der Waals surface area contributed by atoms with Crippen molar-refractivity contribution in [2.24, 2.45) is 0 Å². The van der Waals surface area contributed by atoms with E-state index in [1.807, 2.05) is 24.3 Å². The van der Waals surface area contributed by atoms with E-state index >= 15 is 0 Å². The van der Waals surface area contributed by atoms with Gasteiger partial charge in [-0.3, -0.25) is 0 Å². The van der Waals surface area contributed by atoms with Crippen LogP contribution in [-0.4, -0.2) is 30.9 Å². The molecule has 0 fully saturated rings. The van der Waals surface area contributed by atoms with E-state index in [0.29, 0.717) is 30.6 Å². The lowest BCUT2D eigenvalue weighted by Crippen LogP contribution is -2.11. The molecular formula is C20H23ClO5. The Kier molecular flexibility index (Phi) is 7.16. The van der Waals surface area contributed by atoms with E-state index < -0.39 is 5.97 Å². The van der Waals surface area contributed by atoms with Crippen molar-refractivity contribution in [3.05, 3.63) is 52.5 Å². The van der Waals surface area contributed by atoms with Crippen molar-refractivity contribution >= 4 is 17.6 Å². The molecule has 6 heteroatoms. The van der Waals surface area contributed by atoms with Gasteiger partial charge in [-0.1, -0.05) is 43.6 Å². The van der Waals surface area contributed by atoms with Gasteiger partial charge in [0.25, 0.3) is 0 Å². The van der Waals surface area contributed by atoms with Crippen LogP contribution in [0.15, 0.2) is 36.4 Å². The van der Waals surface area contributed by atoms with Crippen molar-refractivity contribution in [3.63, 3.8) is 0 Å². The van der Waals surface area contributed by atoms with Crippen LogP contribution >= 0.6 is 11.6 Å². The molecule has 2 aromatic rings. The number of aromatic carboxylic acids is 1. The minimum Gasteiger partial charge on any atom is -0.490 e. The number of para-hydroxylation sites is 1. The Labute approximate surface area is 158 Å². The van der Waals surface area contributed by atoms with Crippen LogP contribution in [0.5, 0.6) is 17.2 Å². The topological polar surface area (TPSA) is 65.0 Å². The number of carbonyl (C=O) groups is 1. The first-order chi connectivity index (χ1) is 12.4. The summed E-state index contributed by atoms with van der Waals surface area (Å²) >= 11 is 6.17. The van der Waals surface area contributed by atoms with Gasteiger partial charge in [-0.05, 0) is 36.6 Å². The van der Waals surface area contributed by atoms with E-state index in [1.165, 1.54) is 12.1 Å². The molecular weight excluding hydrogens is 356 g/mol. The minimum absolute atomic E-state index is 0.0490. The van der Waals surface area contributed by atoms with E-state index in [9.17, 15) is 4.79 Å². The summed E-state index contributed by atoms with van der Waals surface area (Å²) in [4.78, 5) is 11.2. The van der Waals surface area contributed by atoms with Crippen molar-refractivity contribution in [3.8, 4) is 17.2 Å². The highest BCUT2D eigenvalue weighted by Crippen LogP contribution is 2.36. The first-order valence-electron chi connectivity index (χ1n) is 8.48. The van der Waals surface area contributed by atoms with Crippen molar-refractivity contribution in [2.75, 3.05) is 19.8 Å². The number of carboxylic acid groups (broad SMARTS) is 1. The van der Waals surface area contributed by atoms with Crippen molar-refractivity contribution in [1.29, 1.82) is 0 Å². The fraction of sp³-hybridized carbons (Fsp3) is 0.350. The first-order valence-corrected chi connectivity index (χ1v) is 8.86. The minimum atomic E-state index is -1.08. The molecule has 0 radical (unpaired) electrons. The molecule has 0 aliphatic rings. The summed E-state index contributed by atoms with van der Waals surface area (Å²) < 4.78 is 17.0. The standard InChI is InChI=1S/C20H23ClO5/c1-4-24-18-12-14(20(22)23)11-16(21)19(18)26-10-9-25-17-8-6-5-7-15(17)13(2)3/h5-8,11-13H,4,9-10H2,1-3H3,(H,22,23).